The Bertz CT molecular complexity index is 464. The van der Waals surface area contributed by atoms with Crippen molar-refractivity contribution in [1.29, 1.82) is 0 Å². The third-order valence-electron chi connectivity index (χ3n) is 2.06. The van der Waals surface area contributed by atoms with Gasteiger partial charge < -0.3 is 14.7 Å². The van der Waals surface area contributed by atoms with Crippen LogP contribution in [0.4, 0.5) is 13.2 Å². The second-order valence-electron chi connectivity index (χ2n) is 3.23. The van der Waals surface area contributed by atoms with E-state index in [2.05, 4.69) is 9.64 Å². The number of aromatic nitrogens is 1. The lowest BCUT2D eigenvalue weighted by molar-refractivity contribution is -0.282. The van der Waals surface area contributed by atoms with E-state index in [-0.39, 0.29) is 5.59 Å². The van der Waals surface area contributed by atoms with E-state index in [0.29, 0.717) is 10.9 Å². The van der Waals surface area contributed by atoms with Gasteiger partial charge in [-0.25, -0.2) is 0 Å². The van der Waals surface area contributed by atoms with E-state index in [1.54, 1.807) is 24.3 Å². The predicted molar refractivity (Wildman–Crippen MR) is 53.0 cm³/mol. The monoisotopic (exact) mass is 229 g/mol. The summed E-state index contributed by atoms with van der Waals surface area (Å²) in [7, 11) is -2.03. The van der Waals surface area contributed by atoms with Crippen molar-refractivity contribution in [1.82, 2.24) is 4.98 Å². The summed E-state index contributed by atoms with van der Waals surface area (Å²) in [6, 6.07) is 8.30. The van der Waals surface area contributed by atoms with Gasteiger partial charge in [0.25, 0.3) is 0 Å². The van der Waals surface area contributed by atoms with Gasteiger partial charge in [-0.1, -0.05) is 18.2 Å². The Kier molecular flexibility index (Phi) is 2.65. The molecule has 0 aliphatic rings. The van der Waals surface area contributed by atoms with Crippen LogP contribution in [0, 0.1) is 0 Å². The van der Waals surface area contributed by atoms with Crippen LogP contribution in [0.2, 0.25) is 0 Å². The summed E-state index contributed by atoms with van der Waals surface area (Å²) >= 11 is 0. The lowest BCUT2D eigenvalue weighted by Gasteiger charge is -2.08. The fraction of sp³-hybridized carbons (Fsp3) is 0.111. The highest BCUT2D eigenvalue weighted by Crippen LogP contribution is 2.17. The molecule has 0 bridgehead atoms. The Labute approximate surface area is 89.0 Å². The van der Waals surface area contributed by atoms with Crippen molar-refractivity contribution in [3.05, 3.63) is 30.3 Å². The summed E-state index contributed by atoms with van der Waals surface area (Å²) < 4.78 is 39.0. The zero-order valence-corrected chi connectivity index (χ0v) is 7.95. The summed E-state index contributed by atoms with van der Waals surface area (Å²) in [5.74, 6) is 0. The number of rotatable bonds is 2. The molecule has 2 rings (SSSR count). The maximum absolute atomic E-state index is 11.9. The normalized spacial score (nSPS) is 12.0. The Morgan fingerprint density at radius 2 is 1.94 bits per heavy atom. The molecule has 0 unspecified atom stereocenters. The molecule has 1 aromatic heterocycles. The van der Waals surface area contributed by atoms with Gasteiger partial charge in [-0.2, -0.15) is 0 Å². The van der Waals surface area contributed by atoms with Crippen LogP contribution >= 0.6 is 0 Å². The topological polar surface area (TPSA) is 45.2 Å². The van der Waals surface area contributed by atoms with Crippen LogP contribution in [0.15, 0.2) is 30.3 Å². The van der Waals surface area contributed by atoms with Crippen LogP contribution in [0.5, 0.6) is 0 Å². The number of nitrogens with one attached hydrogen (secondary N) is 1. The number of aromatic amines is 1. The summed E-state index contributed by atoms with van der Waals surface area (Å²) in [6.07, 6.45) is -4.86. The van der Waals surface area contributed by atoms with Gasteiger partial charge in [-0.3, -0.25) is 0 Å². The third-order valence-corrected chi connectivity index (χ3v) is 2.06. The molecular weight excluding hydrogens is 222 g/mol. The van der Waals surface area contributed by atoms with Crippen LogP contribution in [-0.4, -0.2) is 23.5 Å². The lowest BCUT2D eigenvalue weighted by atomic mass is 9.85. The average molecular weight is 229 g/mol. The van der Waals surface area contributed by atoms with Crippen molar-refractivity contribution in [3.8, 4) is 0 Å². The number of alkyl halides is 3. The van der Waals surface area contributed by atoms with Crippen LogP contribution in [0.3, 0.4) is 0 Å². The molecule has 2 aromatic rings. The molecule has 0 atom stereocenters. The van der Waals surface area contributed by atoms with E-state index < -0.39 is 13.5 Å². The lowest BCUT2D eigenvalue weighted by Crippen LogP contribution is -2.39. The standard InChI is InChI=1S/C9H7BF3NO2/c11-9(12,13)16-10(15)8-5-6-3-1-2-4-7(6)14-8/h1-5,14-15H. The Balaban J connectivity index is 2.26. The Morgan fingerprint density at radius 3 is 2.56 bits per heavy atom. The molecule has 0 saturated heterocycles. The molecule has 84 valence electrons. The highest BCUT2D eigenvalue weighted by Gasteiger charge is 2.37. The smallest absolute Gasteiger partial charge is 0.422 e. The van der Waals surface area contributed by atoms with Gasteiger partial charge in [0.1, 0.15) is 0 Å². The zero-order chi connectivity index (χ0) is 11.8. The van der Waals surface area contributed by atoms with Crippen molar-refractivity contribution in [2.45, 2.75) is 6.36 Å². The van der Waals surface area contributed by atoms with Gasteiger partial charge in [0.15, 0.2) is 0 Å². The first-order chi connectivity index (χ1) is 7.46. The number of benzene rings is 1. The predicted octanol–water partition coefficient (Wildman–Crippen LogP) is 1.39. The molecule has 1 aromatic carbocycles. The minimum absolute atomic E-state index is 0.0291. The van der Waals surface area contributed by atoms with Crippen LogP contribution in [-0.2, 0) is 4.65 Å². The molecule has 0 amide bonds. The second kappa shape index (κ2) is 3.84. The maximum Gasteiger partial charge on any atom is 0.514 e. The Morgan fingerprint density at radius 1 is 1.25 bits per heavy atom. The van der Waals surface area contributed by atoms with Gasteiger partial charge in [-0.15, -0.1) is 13.2 Å². The van der Waals surface area contributed by atoms with E-state index in [9.17, 15) is 18.2 Å². The quantitative estimate of drug-likeness (QED) is 0.764. The molecule has 0 radical (unpaired) electrons. The zero-order valence-electron chi connectivity index (χ0n) is 7.95. The van der Waals surface area contributed by atoms with Crippen molar-refractivity contribution in [3.63, 3.8) is 0 Å². The van der Waals surface area contributed by atoms with Gasteiger partial charge in [0.2, 0.25) is 0 Å². The molecule has 0 fully saturated rings. The third kappa shape index (κ3) is 2.37. The summed E-state index contributed by atoms with van der Waals surface area (Å²) in [5, 5.41) is 9.89. The minimum atomic E-state index is -4.86. The molecule has 1 heterocycles. The molecule has 2 N–H and O–H groups in total. The first kappa shape index (κ1) is 11.0. The molecule has 7 heteroatoms. The average Bonchev–Trinajstić information content (AvgIpc) is 2.58. The SMILES string of the molecule is OB(OC(F)(F)F)c1cc2ccccc2[nH]1. The molecule has 0 aliphatic carbocycles. The van der Waals surface area contributed by atoms with E-state index in [0.717, 1.165) is 0 Å². The number of hydrogen-bond donors (Lipinski definition) is 2. The number of hydrogen-bond acceptors (Lipinski definition) is 2. The fourth-order valence-electron chi connectivity index (χ4n) is 1.42. The van der Waals surface area contributed by atoms with Crippen molar-refractivity contribution in [2.24, 2.45) is 0 Å². The highest BCUT2D eigenvalue weighted by atomic mass is 19.4. The highest BCUT2D eigenvalue weighted by molar-refractivity contribution is 6.59. The molecule has 3 nitrogen and oxygen atoms in total. The molecule has 0 spiro atoms. The van der Waals surface area contributed by atoms with E-state index in [1.807, 2.05) is 0 Å². The first-order valence-corrected chi connectivity index (χ1v) is 4.46. The number of fused-ring (bicyclic) bond motifs is 1. The van der Waals surface area contributed by atoms with E-state index >= 15 is 0 Å². The second-order valence-corrected chi connectivity index (χ2v) is 3.23. The molecule has 0 saturated carbocycles. The molecular formula is C9H7BF3NO2. The number of para-hydroxylation sites is 1. The largest absolute Gasteiger partial charge is 0.514 e. The van der Waals surface area contributed by atoms with Gasteiger partial charge in [0.05, 0.1) is 0 Å². The van der Waals surface area contributed by atoms with Gasteiger partial charge in [-0.05, 0) is 17.5 Å². The molecule has 0 aliphatic heterocycles. The number of H-pyrrole nitrogens is 1. The van der Waals surface area contributed by atoms with E-state index in [4.69, 9.17) is 0 Å². The van der Waals surface area contributed by atoms with Crippen molar-refractivity contribution >= 4 is 23.6 Å². The minimum Gasteiger partial charge on any atom is -0.422 e. The van der Waals surface area contributed by atoms with E-state index in [1.165, 1.54) is 6.07 Å². The number of halogens is 3. The fourth-order valence-corrected chi connectivity index (χ4v) is 1.42. The summed E-state index contributed by atoms with van der Waals surface area (Å²) in [5.41, 5.74) is 0.612. The maximum atomic E-state index is 11.9. The van der Waals surface area contributed by atoms with Crippen LogP contribution in [0.1, 0.15) is 0 Å². The van der Waals surface area contributed by atoms with Gasteiger partial charge >= 0.3 is 13.5 Å². The van der Waals surface area contributed by atoms with Crippen molar-refractivity contribution in [2.75, 3.05) is 0 Å². The first-order valence-electron chi connectivity index (χ1n) is 4.46. The molecule has 16 heavy (non-hydrogen) atoms. The van der Waals surface area contributed by atoms with Crippen LogP contribution in [0.25, 0.3) is 10.9 Å². The summed E-state index contributed by atoms with van der Waals surface area (Å²) in [6.45, 7) is 0. The van der Waals surface area contributed by atoms with Crippen LogP contribution < -0.4 is 5.59 Å². The Hall–Kier alpha value is -1.47. The summed E-state index contributed by atoms with van der Waals surface area (Å²) in [4.78, 5) is 2.64. The van der Waals surface area contributed by atoms with Gasteiger partial charge in [0, 0.05) is 11.1 Å². The van der Waals surface area contributed by atoms with Crippen molar-refractivity contribution < 1.29 is 22.8 Å².